The lowest BCUT2D eigenvalue weighted by atomic mass is 9.86. The predicted molar refractivity (Wildman–Crippen MR) is 146 cm³/mol. The molecule has 5 rings (SSSR count). The zero-order valence-corrected chi connectivity index (χ0v) is 23.1. The summed E-state index contributed by atoms with van der Waals surface area (Å²) in [6.07, 6.45) is 12.8. The highest BCUT2D eigenvalue weighted by atomic mass is 32.2. The van der Waals surface area contributed by atoms with E-state index < -0.39 is 10.0 Å². The number of piperidine rings is 1. The highest BCUT2D eigenvalue weighted by Gasteiger charge is 2.31. The normalized spacial score (nSPS) is 23.1. The van der Waals surface area contributed by atoms with Gasteiger partial charge in [-0.15, -0.1) is 0 Å². The van der Waals surface area contributed by atoms with Crippen LogP contribution in [0.25, 0.3) is 11.0 Å². The second-order valence-electron chi connectivity index (χ2n) is 11.3. The first-order chi connectivity index (χ1) is 17.3. The number of likely N-dealkylation sites (tertiary alicyclic amines) is 2. The molecule has 2 saturated heterocycles. The van der Waals surface area contributed by atoms with E-state index in [0.29, 0.717) is 18.6 Å². The molecule has 0 aromatic carbocycles. The minimum absolute atomic E-state index is 0.326. The van der Waals surface area contributed by atoms with Crippen LogP contribution in [0, 0.1) is 0 Å². The van der Waals surface area contributed by atoms with E-state index in [0.717, 1.165) is 56.9 Å². The molecule has 0 atom stereocenters. The van der Waals surface area contributed by atoms with Crippen molar-refractivity contribution in [2.75, 3.05) is 32.4 Å². The second kappa shape index (κ2) is 10.9. The molecular formula is C28H43N5O2S. The van der Waals surface area contributed by atoms with Crippen LogP contribution in [0.15, 0.2) is 29.5 Å². The molecule has 1 N–H and O–H groups in total. The van der Waals surface area contributed by atoms with Crippen molar-refractivity contribution in [2.24, 2.45) is 0 Å². The summed E-state index contributed by atoms with van der Waals surface area (Å²) in [6.45, 7) is 10.1. The minimum Gasteiger partial charge on any atom is -0.325 e. The van der Waals surface area contributed by atoms with Crippen LogP contribution in [-0.2, 0) is 23.1 Å². The lowest BCUT2D eigenvalue weighted by Gasteiger charge is -2.40. The van der Waals surface area contributed by atoms with Crippen molar-refractivity contribution in [1.29, 1.82) is 0 Å². The van der Waals surface area contributed by atoms with E-state index in [1.54, 1.807) is 5.57 Å². The quantitative estimate of drug-likeness (QED) is 0.548. The summed E-state index contributed by atoms with van der Waals surface area (Å²) in [5, 5.41) is 1.18. The molecule has 0 unspecified atom stereocenters. The average molecular weight is 514 g/mol. The van der Waals surface area contributed by atoms with E-state index in [1.165, 1.54) is 61.3 Å². The van der Waals surface area contributed by atoms with Crippen molar-refractivity contribution in [3.63, 3.8) is 0 Å². The third kappa shape index (κ3) is 5.72. The van der Waals surface area contributed by atoms with Crippen LogP contribution >= 0.6 is 0 Å². The lowest BCUT2D eigenvalue weighted by molar-refractivity contribution is 0.116. The Morgan fingerprint density at radius 3 is 2.36 bits per heavy atom. The number of fused-ring (bicyclic) bond motifs is 1. The van der Waals surface area contributed by atoms with E-state index in [9.17, 15) is 8.42 Å². The van der Waals surface area contributed by atoms with E-state index >= 15 is 0 Å². The molecule has 7 nitrogen and oxygen atoms in total. The fourth-order valence-corrected chi connectivity index (χ4v) is 7.10. The molecule has 2 aromatic rings. The zero-order chi connectivity index (χ0) is 25.3. The number of nitrogens with one attached hydrogen (secondary N) is 1. The molecule has 0 spiro atoms. The van der Waals surface area contributed by atoms with Gasteiger partial charge in [0.05, 0.1) is 12.8 Å². The number of allylic oxidation sites excluding steroid dienone is 2. The first-order valence-electron chi connectivity index (χ1n) is 13.8. The Morgan fingerprint density at radius 1 is 1.03 bits per heavy atom. The molecule has 0 amide bonds. The Morgan fingerprint density at radius 2 is 1.72 bits per heavy atom. The molecule has 0 bridgehead atoms. The van der Waals surface area contributed by atoms with Crippen LogP contribution in [0.2, 0.25) is 0 Å². The number of hydrogen-bond acceptors (Lipinski definition) is 5. The first-order valence-corrected chi connectivity index (χ1v) is 15.7. The molecule has 1 aliphatic carbocycles. The van der Waals surface area contributed by atoms with Gasteiger partial charge in [0, 0.05) is 49.0 Å². The lowest BCUT2D eigenvalue weighted by Crippen LogP contribution is -2.43. The van der Waals surface area contributed by atoms with Gasteiger partial charge in [0.2, 0.25) is 10.0 Å². The molecule has 198 valence electrons. The van der Waals surface area contributed by atoms with Crippen molar-refractivity contribution in [1.82, 2.24) is 24.1 Å². The SMILES string of the molecule is CC(C)=C1CCC(N2CCC(n3c(CNS(C)(=O)=O)c(CN4CCCC4)c4cccnc43)CC2)CC1. The van der Waals surface area contributed by atoms with Crippen molar-refractivity contribution < 1.29 is 8.42 Å². The molecular weight excluding hydrogens is 470 g/mol. The number of hydrogen-bond donors (Lipinski definition) is 1. The summed E-state index contributed by atoms with van der Waals surface area (Å²) >= 11 is 0. The van der Waals surface area contributed by atoms with Gasteiger partial charge in [0.15, 0.2) is 0 Å². The van der Waals surface area contributed by atoms with E-state index in [4.69, 9.17) is 4.98 Å². The highest BCUT2D eigenvalue weighted by molar-refractivity contribution is 7.88. The fourth-order valence-electron chi connectivity index (χ4n) is 6.70. The summed E-state index contributed by atoms with van der Waals surface area (Å²) in [5.41, 5.74) is 6.55. The molecule has 4 heterocycles. The number of nitrogens with zero attached hydrogens (tertiary/aromatic N) is 4. The summed E-state index contributed by atoms with van der Waals surface area (Å²) in [6, 6.07) is 5.23. The Hall–Kier alpha value is -1.74. The van der Waals surface area contributed by atoms with Gasteiger partial charge in [-0.05, 0) is 96.0 Å². The summed E-state index contributed by atoms with van der Waals surface area (Å²) in [4.78, 5) is 10.1. The zero-order valence-electron chi connectivity index (χ0n) is 22.3. The van der Waals surface area contributed by atoms with Crippen LogP contribution in [0.4, 0.5) is 0 Å². The van der Waals surface area contributed by atoms with Crippen LogP contribution in [-0.4, -0.2) is 66.2 Å². The third-order valence-electron chi connectivity index (χ3n) is 8.71. The summed E-state index contributed by atoms with van der Waals surface area (Å²) < 4.78 is 29.4. The highest BCUT2D eigenvalue weighted by Crippen LogP contribution is 2.36. The van der Waals surface area contributed by atoms with Gasteiger partial charge in [0.25, 0.3) is 0 Å². The largest absolute Gasteiger partial charge is 0.325 e. The maximum Gasteiger partial charge on any atom is 0.209 e. The maximum absolute atomic E-state index is 12.1. The molecule has 3 aliphatic rings. The van der Waals surface area contributed by atoms with E-state index in [1.807, 2.05) is 12.3 Å². The summed E-state index contributed by atoms with van der Waals surface area (Å²) in [7, 11) is -3.29. The van der Waals surface area contributed by atoms with Crippen LogP contribution < -0.4 is 4.72 Å². The van der Waals surface area contributed by atoms with Crippen LogP contribution in [0.1, 0.15) is 82.5 Å². The Kier molecular flexibility index (Phi) is 7.86. The molecule has 1 saturated carbocycles. The molecule has 36 heavy (non-hydrogen) atoms. The topological polar surface area (TPSA) is 70.5 Å². The third-order valence-corrected chi connectivity index (χ3v) is 9.38. The Balaban J connectivity index is 1.40. The first kappa shape index (κ1) is 25.9. The smallest absolute Gasteiger partial charge is 0.209 e. The van der Waals surface area contributed by atoms with Crippen LogP contribution in [0.5, 0.6) is 0 Å². The van der Waals surface area contributed by atoms with Crippen molar-refractivity contribution in [3.8, 4) is 0 Å². The van der Waals surface area contributed by atoms with Gasteiger partial charge >= 0.3 is 0 Å². The molecule has 2 aromatic heterocycles. The van der Waals surface area contributed by atoms with Gasteiger partial charge in [-0.3, -0.25) is 4.90 Å². The molecule has 3 fully saturated rings. The maximum atomic E-state index is 12.1. The number of aromatic nitrogens is 2. The monoisotopic (exact) mass is 513 g/mol. The fraction of sp³-hybridized carbons (Fsp3) is 0.679. The van der Waals surface area contributed by atoms with Crippen molar-refractivity contribution in [2.45, 2.75) is 90.4 Å². The average Bonchev–Trinajstić information content (AvgIpc) is 3.49. The Labute approximate surface area is 217 Å². The number of rotatable bonds is 7. The van der Waals surface area contributed by atoms with Gasteiger partial charge < -0.3 is 9.47 Å². The standard InChI is InChI=1S/C28H43N5O2S/c1-21(2)22-8-10-23(11-9-22)32-17-12-24(13-18-32)33-27(19-30-36(3,34)35)26(20-31-15-4-5-16-31)25-7-6-14-29-28(25)33/h6-7,14,23-24,30H,4-5,8-13,15-20H2,1-3H3. The molecule has 8 heteroatoms. The number of sulfonamides is 1. The van der Waals surface area contributed by atoms with E-state index in [2.05, 4.69) is 39.0 Å². The van der Waals surface area contributed by atoms with E-state index in [-0.39, 0.29) is 0 Å². The van der Waals surface area contributed by atoms with Gasteiger partial charge in [0.1, 0.15) is 5.65 Å². The summed E-state index contributed by atoms with van der Waals surface area (Å²) in [5.74, 6) is 0. The van der Waals surface area contributed by atoms with Crippen molar-refractivity contribution >= 4 is 21.1 Å². The minimum atomic E-state index is -3.29. The van der Waals surface area contributed by atoms with Crippen molar-refractivity contribution in [3.05, 3.63) is 40.7 Å². The Bertz CT molecular complexity index is 1190. The van der Waals surface area contributed by atoms with Gasteiger partial charge in [-0.1, -0.05) is 11.1 Å². The molecule has 0 radical (unpaired) electrons. The second-order valence-corrected chi connectivity index (χ2v) is 13.2. The van der Waals surface area contributed by atoms with Crippen LogP contribution in [0.3, 0.4) is 0 Å². The van der Waals surface area contributed by atoms with Gasteiger partial charge in [-0.2, -0.15) is 0 Å². The molecule has 2 aliphatic heterocycles. The van der Waals surface area contributed by atoms with Gasteiger partial charge in [-0.25, -0.2) is 18.1 Å². The predicted octanol–water partition coefficient (Wildman–Crippen LogP) is 4.60. The number of pyridine rings is 1.